The topological polar surface area (TPSA) is 56.8 Å². The van der Waals surface area contributed by atoms with E-state index in [1.54, 1.807) is 12.1 Å². The molecule has 0 heterocycles. The Morgan fingerprint density at radius 2 is 1.60 bits per heavy atom. The van der Waals surface area contributed by atoms with Gasteiger partial charge < -0.3 is 19.5 Å². The number of ether oxygens (including phenoxy) is 3. The lowest BCUT2D eigenvalue weighted by Gasteiger charge is -2.15. The molecule has 2 aromatic carbocycles. The minimum atomic E-state index is -0.167. The van der Waals surface area contributed by atoms with E-state index in [4.69, 9.17) is 14.2 Å². The van der Waals surface area contributed by atoms with Crippen molar-refractivity contribution in [2.75, 3.05) is 27.9 Å². The molecule has 0 aliphatic carbocycles. The number of hydrogen-bond acceptors (Lipinski definition) is 4. The predicted octanol–water partition coefficient (Wildman–Crippen LogP) is 3.32. The van der Waals surface area contributed by atoms with Crippen LogP contribution in [-0.4, -0.2) is 33.8 Å². The molecule has 0 radical (unpaired) electrons. The first-order chi connectivity index (χ1) is 12.1. The normalized spacial score (nSPS) is 11.5. The van der Waals surface area contributed by atoms with Crippen LogP contribution in [0.25, 0.3) is 0 Å². The largest absolute Gasteiger partial charge is 0.493 e. The van der Waals surface area contributed by atoms with Crippen molar-refractivity contribution >= 4 is 5.91 Å². The molecule has 1 N–H and O–H groups in total. The average Bonchev–Trinajstić information content (AvgIpc) is 2.65. The highest BCUT2D eigenvalue weighted by molar-refractivity contribution is 5.95. The third kappa shape index (κ3) is 4.89. The second kappa shape index (κ2) is 8.97. The molecule has 25 heavy (non-hydrogen) atoms. The molecule has 1 amide bonds. The molecule has 0 saturated carbocycles. The fourth-order valence-electron chi connectivity index (χ4n) is 2.67. The highest BCUT2D eigenvalue weighted by Gasteiger charge is 2.17. The van der Waals surface area contributed by atoms with Crippen molar-refractivity contribution in [1.29, 1.82) is 0 Å². The van der Waals surface area contributed by atoms with Crippen LogP contribution in [0, 0.1) is 5.92 Å². The first kappa shape index (κ1) is 18.6. The molecule has 134 valence electrons. The van der Waals surface area contributed by atoms with Crippen molar-refractivity contribution in [3.63, 3.8) is 0 Å². The number of benzene rings is 2. The summed E-state index contributed by atoms with van der Waals surface area (Å²) in [6.07, 6.45) is 0.913. The Hall–Kier alpha value is -2.69. The highest BCUT2D eigenvalue weighted by Crippen LogP contribution is 2.38. The van der Waals surface area contributed by atoms with E-state index in [0.717, 1.165) is 6.42 Å². The van der Waals surface area contributed by atoms with Crippen molar-refractivity contribution in [3.05, 3.63) is 53.6 Å². The lowest BCUT2D eigenvalue weighted by atomic mass is 10.0. The molecule has 0 aliphatic rings. The number of rotatable bonds is 8. The van der Waals surface area contributed by atoms with E-state index in [1.807, 2.05) is 18.2 Å². The third-order valence-corrected chi connectivity index (χ3v) is 3.96. The summed E-state index contributed by atoms with van der Waals surface area (Å²) in [5, 5.41) is 2.97. The number of methoxy groups -OCH3 is 3. The monoisotopic (exact) mass is 343 g/mol. The molecule has 0 aromatic heterocycles. The lowest BCUT2D eigenvalue weighted by molar-refractivity contribution is 0.0947. The fourth-order valence-corrected chi connectivity index (χ4v) is 2.67. The minimum absolute atomic E-state index is 0.167. The van der Waals surface area contributed by atoms with Crippen LogP contribution in [-0.2, 0) is 6.42 Å². The van der Waals surface area contributed by atoms with Crippen LogP contribution in [0.15, 0.2) is 42.5 Å². The zero-order valence-corrected chi connectivity index (χ0v) is 15.2. The Morgan fingerprint density at radius 1 is 1.00 bits per heavy atom. The third-order valence-electron chi connectivity index (χ3n) is 3.96. The van der Waals surface area contributed by atoms with Crippen LogP contribution in [0.1, 0.15) is 22.8 Å². The molecule has 2 rings (SSSR count). The molecule has 0 saturated heterocycles. The molecular formula is C20H25NO4. The Morgan fingerprint density at radius 3 is 2.12 bits per heavy atom. The van der Waals surface area contributed by atoms with Gasteiger partial charge in [0.1, 0.15) is 0 Å². The van der Waals surface area contributed by atoms with Crippen LogP contribution in [0.4, 0.5) is 0 Å². The number of nitrogens with one attached hydrogen (secondary N) is 1. The molecule has 1 atom stereocenters. The van der Waals surface area contributed by atoms with E-state index in [-0.39, 0.29) is 5.91 Å². The molecule has 1 unspecified atom stereocenters. The maximum absolute atomic E-state index is 12.5. The van der Waals surface area contributed by atoms with E-state index in [1.165, 1.54) is 26.9 Å². The second-order valence-electron chi connectivity index (χ2n) is 5.92. The maximum Gasteiger partial charge on any atom is 0.251 e. The summed E-state index contributed by atoms with van der Waals surface area (Å²) >= 11 is 0. The van der Waals surface area contributed by atoms with E-state index in [0.29, 0.717) is 35.3 Å². The highest BCUT2D eigenvalue weighted by atomic mass is 16.5. The molecule has 0 aliphatic heterocycles. The van der Waals surface area contributed by atoms with Crippen molar-refractivity contribution in [1.82, 2.24) is 5.32 Å². The first-order valence-corrected chi connectivity index (χ1v) is 8.21. The summed E-state index contributed by atoms with van der Waals surface area (Å²) in [5.74, 6) is 1.56. The summed E-state index contributed by atoms with van der Waals surface area (Å²) in [5.41, 5.74) is 1.73. The van der Waals surface area contributed by atoms with Crippen LogP contribution < -0.4 is 19.5 Å². The summed E-state index contributed by atoms with van der Waals surface area (Å²) in [7, 11) is 4.59. The Kier molecular flexibility index (Phi) is 6.69. The summed E-state index contributed by atoms with van der Waals surface area (Å²) in [4.78, 5) is 12.5. The van der Waals surface area contributed by atoms with Gasteiger partial charge in [-0.2, -0.15) is 0 Å². The Bertz CT molecular complexity index is 675. The maximum atomic E-state index is 12.5. The van der Waals surface area contributed by atoms with Crippen molar-refractivity contribution < 1.29 is 19.0 Å². The number of carbonyl (C=O) groups excluding carboxylic acids is 1. The molecule has 0 fully saturated rings. The van der Waals surface area contributed by atoms with Crippen LogP contribution in [0.5, 0.6) is 17.2 Å². The minimum Gasteiger partial charge on any atom is -0.493 e. The standard InChI is InChI=1S/C20H25NO4/c1-14(10-15-8-6-5-7-9-15)13-21-20(22)16-11-17(23-2)19(25-4)18(12-16)24-3/h5-9,11-12,14H,10,13H2,1-4H3,(H,21,22). The molecule has 5 nitrogen and oxygen atoms in total. The average molecular weight is 343 g/mol. The zero-order valence-electron chi connectivity index (χ0n) is 15.2. The van der Waals surface area contributed by atoms with Crippen molar-refractivity contribution in [2.45, 2.75) is 13.3 Å². The molecule has 5 heteroatoms. The van der Waals surface area contributed by atoms with E-state index in [2.05, 4.69) is 24.4 Å². The summed E-state index contributed by atoms with van der Waals surface area (Å²) in [6, 6.07) is 13.5. The van der Waals surface area contributed by atoms with Crippen LogP contribution in [0.3, 0.4) is 0 Å². The molecule has 2 aromatic rings. The van der Waals surface area contributed by atoms with Crippen molar-refractivity contribution in [3.8, 4) is 17.2 Å². The second-order valence-corrected chi connectivity index (χ2v) is 5.92. The van der Waals surface area contributed by atoms with Gasteiger partial charge >= 0.3 is 0 Å². The number of amides is 1. The lowest BCUT2D eigenvalue weighted by Crippen LogP contribution is -2.29. The SMILES string of the molecule is COc1cc(C(=O)NCC(C)Cc2ccccc2)cc(OC)c1OC. The van der Waals surface area contributed by atoms with E-state index >= 15 is 0 Å². The molecule has 0 spiro atoms. The van der Waals surface area contributed by atoms with Gasteiger partial charge in [0, 0.05) is 12.1 Å². The van der Waals surface area contributed by atoms with Gasteiger partial charge in [0.2, 0.25) is 5.75 Å². The molecule has 0 bridgehead atoms. The zero-order chi connectivity index (χ0) is 18.2. The summed E-state index contributed by atoms with van der Waals surface area (Å²) in [6.45, 7) is 2.70. The van der Waals surface area contributed by atoms with Crippen molar-refractivity contribution in [2.24, 2.45) is 5.92 Å². The van der Waals surface area contributed by atoms with Crippen LogP contribution in [0.2, 0.25) is 0 Å². The summed E-state index contributed by atoms with van der Waals surface area (Å²) < 4.78 is 15.9. The van der Waals surface area contributed by atoms with Gasteiger partial charge in [-0.1, -0.05) is 37.3 Å². The van der Waals surface area contributed by atoms with Gasteiger partial charge in [0.15, 0.2) is 11.5 Å². The number of carbonyl (C=O) groups is 1. The predicted molar refractivity (Wildman–Crippen MR) is 97.7 cm³/mol. The van der Waals surface area contributed by atoms with Gasteiger partial charge in [-0.05, 0) is 30.0 Å². The fraction of sp³-hybridized carbons (Fsp3) is 0.350. The number of hydrogen-bond donors (Lipinski definition) is 1. The quantitative estimate of drug-likeness (QED) is 0.799. The molecular weight excluding hydrogens is 318 g/mol. The Balaban J connectivity index is 2.03. The Labute approximate surface area is 148 Å². The van der Waals surface area contributed by atoms with Gasteiger partial charge in [0.25, 0.3) is 5.91 Å². The van der Waals surface area contributed by atoms with Gasteiger partial charge in [-0.25, -0.2) is 0 Å². The van der Waals surface area contributed by atoms with Gasteiger partial charge in [-0.15, -0.1) is 0 Å². The van der Waals surface area contributed by atoms with Gasteiger partial charge in [-0.3, -0.25) is 4.79 Å². The van der Waals surface area contributed by atoms with Crippen LogP contribution >= 0.6 is 0 Å². The van der Waals surface area contributed by atoms with E-state index in [9.17, 15) is 4.79 Å². The first-order valence-electron chi connectivity index (χ1n) is 8.21. The van der Waals surface area contributed by atoms with E-state index < -0.39 is 0 Å². The smallest absolute Gasteiger partial charge is 0.251 e. The van der Waals surface area contributed by atoms with Gasteiger partial charge in [0.05, 0.1) is 21.3 Å².